The molecule has 0 saturated carbocycles. The first-order valence-electron chi connectivity index (χ1n) is 6.46. The standard InChI is InChI=1S/C14H13ClF2N4/c1-8-13-14(20(2)19-8)21(11(18-13)6-7-15)10-5-3-4-9(16)12(10)17/h3-5H,6-7H2,1-2H3. The van der Waals surface area contributed by atoms with Crippen LogP contribution < -0.4 is 0 Å². The van der Waals surface area contributed by atoms with E-state index in [-0.39, 0.29) is 5.69 Å². The summed E-state index contributed by atoms with van der Waals surface area (Å²) in [5.74, 6) is -0.885. The van der Waals surface area contributed by atoms with E-state index in [0.29, 0.717) is 29.3 Å². The molecule has 1 aromatic carbocycles. The molecule has 4 nitrogen and oxygen atoms in total. The Morgan fingerprint density at radius 3 is 2.76 bits per heavy atom. The van der Waals surface area contributed by atoms with Crippen LogP contribution in [0.3, 0.4) is 0 Å². The number of imidazole rings is 1. The number of benzene rings is 1. The van der Waals surface area contributed by atoms with E-state index in [4.69, 9.17) is 11.6 Å². The van der Waals surface area contributed by atoms with Crippen LogP contribution in [0.5, 0.6) is 0 Å². The lowest BCUT2D eigenvalue weighted by atomic mass is 10.2. The second-order valence-electron chi connectivity index (χ2n) is 4.76. The van der Waals surface area contributed by atoms with Crippen molar-refractivity contribution in [2.45, 2.75) is 13.3 Å². The number of aromatic nitrogens is 4. The van der Waals surface area contributed by atoms with Gasteiger partial charge in [0.05, 0.1) is 11.4 Å². The summed E-state index contributed by atoms with van der Waals surface area (Å²) >= 11 is 5.80. The number of hydrogen-bond acceptors (Lipinski definition) is 2. The zero-order chi connectivity index (χ0) is 15.1. The first kappa shape index (κ1) is 14.0. The number of aryl methyl sites for hydroxylation is 3. The number of nitrogens with zero attached hydrogens (tertiary/aromatic N) is 4. The van der Waals surface area contributed by atoms with Crippen molar-refractivity contribution in [2.24, 2.45) is 7.05 Å². The van der Waals surface area contributed by atoms with Gasteiger partial charge in [-0.15, -0.1) is 11.6 Å². The van der Waals surface area contributed by atoms with Gasteiger partial charge in [0.25, 0.3) is 0 Å². The molecule has 0 atom stereocenters. The molecule has 0 spiro atoms. The Morgan fingerprint density at radius 2 is 2.05 bits per heavy atom. The molecule has 110 valence electrons. The van der Waals surface area contributed by atoms with Crippen LogP contribution in [0.15, 0.2) is 18.2 Å². The molecule has 0 aliphatic rings. The second kappa shape index (κ2) is 5.11. The highest BCUT2D eigenvalue weighted by Gasteiger charge is 2.21. The summed E-state index contributed by atoms with van der Waals surface area (Å²) in [6.07, 6.45) is 0.450. The Kier molecular flexibility index (Phi) is 3.41. The number of halogens is 3. The fourth-order valence-electron chi connectivity index (χ4n) is 2.49. The van der Waals surface area contributed by atoms with Gasteiger partial charge in [0.2, 0.25) is 0 Å². The van der Waals surface area contributed by atoms with Crippen LogP contribution in [0.2, 0.25) is 0 Å². The van der Waals surface area contributed by atoms with E-state index in [2.05, 4.69) is 10.1 Å². The molecule has 0 amide bonds. The minimum Gasteiger partial charge on any atom is -0.278 e. The number of fused-ring (bicyclic) bond motifs is 1. The summed E-state index contributed by atoms with van der Waals surface area (Å²) in [7, 11) is 1.75. The lowest BCUT2D eigenvalue weighted by Crippen LogP contribution is -2.08. The minimum atomic E-state index is -0.911. The topological polar surface area (TPSA) is 35.6 Å². The van der Waals surface area contributed by atoms with Crippen molar-refractivity contribution < 1.29 is 8.78 Å². The van der Waals surface area contributed by atoms with Gasteiger partial charge in [-0.2, -0.15) is 5.10 Å². The second-order valence-corrected chi connectivity index (χ2v) is 5.13. The summed E-state index contributed by atoms with van der Waals surface area (Å²) in [4.78, 5) is 4.48. The monoisotopic (exact) mass is 310 g/mol. The van der Waals surface area contributed by atoms with Crippen LogP contribution in [-0.4, -0.2) is 25.2 Å². The van der Waals surface area contributed by atoms with Crippen molar-refractivity contribution in [3.05, 3.63) is 41.4 Å². The van der Waals surface area contributed by atoms with E-state index in [1.165, 1.54) is 12.1 Å². The number of alkyl halides is 1. The van der Waals surface area contributed by atoms with Crippen molar-refractivity contribution in [2.75, 3.05) is 5.88 Å². The van der Waals surface area contributed by atoms with Gasteiger partial charge in [0, 0.05) is 19.3 Å². The third-order valence-corrected chi connectivity index (χ3v) is 3.55. The van der Waals surface area contributed by atoms with Crippen molar-refractivity contribution in [1.82, 2.24) is 19.3 Å². The maximum absolute atomic E-state index is 14.2. The summed E-state index contributed by atoms with van der Waals surface area (Å²) in [6.45, 7) is 1.83. The molecule has 0 saturated heterocycles. The number of rotatable bonds is 3. The summed E-state index contributed by atoms with van der Waals surface area (Å²) in [6, 6.07) is 4.07. The van der Waals surface area contributed by atoms with Crippen LogP contribution in [0.4, 0.5) is 8.78 Å². The third-order valence-electron chi connectivity index (χ3n) is 3.36. The third kappa shape index (κ3) is 2.10. The lowest BCUT2D eigenvalue weighted by molar-refractivity contribution is 0.503. The van der Waals surface area contributed by atoms with Gasteiger partial charge in [0.1, 0.15) is 11.3 Å². The smallest absolute Gasteiger partial charge is 0.182 e. The predicted molar refractivity (Wildman–Crippen MR) is 76.9 cm³/mol. The lowest BCUT2D eigenvalue weighted by Gasteiger charge is -2.10. The van der Waals surface area contributed by atoms with Gasteiger partial charge in [-0.05, 0) is 19.1 Å². The van der Waals surface area contributed by atoms with Gasteiger partial charge < -0.3 is 0 Å². The van der Waals surface area contributed by atoms with Crippen molar-refractivity contribution in [1.29, 1.82) is 0 Å². The van der Waals surface area contributed by atoms with Gasteiger partial charge in [-0.25, -0.2) is 18.4 Å². The molecule has 0 radical (unpaired) electrons. The SMILES string of the molecule is Cc1nn(C)c2c1nc(CCCl)n2-c1cccc(F)c1F. The van der Waals surface area contributed by atoms with Crippen molar-refractivity contribution >= 4 is 22.8 Å². The summed E-state index contributed by atoms with van der Waals surface area (Å²) in [5.41, 5.74) is 2.14. The highest BCUT2D eigenvalue weighted by atomic mass is 35.5. The van der Waals surface area contributed by atoms with Crippen molar-refractivity contribution in [3.63, 3.8) is 0 Å². The molecule has 0 aliphatic carbocycles. The van der Waals surface area contributed by atoms with E-state index >= 15 is 0 Å². The molecule has 0 unspecified atom stereocenters. The highest BCUT2D eigenvalue weighted by Crippen LogP contribution is 2.26. The molecule has 3 rings (SSSR count). The molecular weight excluding hydrogens is 298 g/mol. The van der Waals surface area contributed by atoms with Crippen LogP contribution in [0.25, 0.3) is 16.9 Å². The first-order chi connectivity index (χ1) is 10.0. The average Bonchev–Trinajstić information content (AvgIpc) is 2.93. The van der Waals surface area contributed by atoms with Crippen LogP contribution in [-0.2, 0) is 13.5 Å². The Hall–Kier alpha value is -1.95. The molecule has 0 N–H and O–H groups in total. The maximum atomic E-state index is 14.2. The summed E-state index contributed by atoms with van der Waals surface area (Å²) in [5, 5.41) is 4.27. The van der Waals surface area contributed by atoms with Crippen LogP contribution in [0.1, 0.15) is 11.5 Å². The van der Waals surface area contributed by atoms with Crippen LogP contribution >= 0.6 is 11.6 Å². The quantitative estimate of drug-likeness (QED) is 0.697. The Balaban J connectivity index is 2.38. The number of hydrogen-bond donors (Lipinski definition) is 0. The fourth-order valence-corrected chi connectivity index (χ4v) is 2.66. The minimum absolute atomic E-state index is 0.112. The Morgan fingerprint density at radius 1 is 1.29 bits per heavy atom. The first-order valence-corrected chi connectivity index (χ1v) is 6.99. The molecule has 2 aromatic heterocycles. The molecule has 0 bridgehead atoms. The highest BCUT2D eigenvalue weighted by molar-refractivity contribution is 6.17. The molecule has 21 heavy (non-hydrogen) atoms. The zero-order valence-electron chi connectivity index (χ0n) is 11.6. The summed E-state index contributed by atoms with van der Waals surface area (Å²) < 4.78 is 30.9. The van der Waals surface area contributed by atoms with E-state index in [1.54, 1.807) is 16.3 Å². The predicted octanol–water partition coefficient (Wildman–Crippen LogP) is 3.13. The Bertz CT molecular complexity index is 822. The molecule has 7 heteroatoms. The largest absolute Gasteiger partial charge is 0.278 e. The van der Waals surface area contributed by atoms with E-state index in [0.717, 1.165) is 11.8 Å². The van der Waals surface area contributed by atoms with Gasteiger partial charge in [-0.3, -0.25) is 4.57 Å². The van der Waals surface area contributed by atoms with Crippen LogP contribution in [0, 0.1) is 18.6 Å². The molecule has 3 aromatic rings. The zero-order valence-corrected chi connectivity index (χ0v) is 12.3. The normalized spacial score (nSPS) is 11.5. The van der Waals surface area contributed by atoms with E-state index in [1.807, 2.05) is 6.92 Å². The molecule has 2 heterocycles. The van der Waals surface area contributed by atoms with Crippen molar-refractivity contribution in [3.8, 4) is 5.69 Å². The fraction of sp³-hybridized carbons (Fsp3) is 0.286. The van der Waals surface area contributed by atoms with E-state index < -0.39 is 11.6 Å². The van der Waals surface area contributed by atoms with Gasteiger partial charge in [0.15, 0.2) is 17.3 Å². The Labute approximate surface area is 125 Å². The molecule has 0 aliphatic heterocycles. The maximum Gasteiger partial charge on any atom is 0.182 e. The molecular formula is C14H13ClF2N4. The van der Waals surface area contributed by atoms with Gasteiger partial charge >= 0.3 is 0 Å². The molecule has 0 fully saturated rings. The van der Waals surface area contributed by atoms with E-state index in [9.17, 15) is 8.78 Å². The average molecular weight is 311 g/mol. The van der Waals surface area contributed by atoms with Gasteiger partial charge in [-0.1, -0.05) is 6.07 Å².